The van der Waals surface area contributed by atoms with E-state index in [-0.39, 0.29) is 0 Å². The van der Waals surface area contributed by atoms with Gasteiger partial charge in [-0.2, -0.15) is 18.3 Å². The summed E-state index contributed by atoms with van der Waals surface area (Å²) in [5, 5.41) is 4.83. The molecule has 1 fully saturated rings. The Morgan fingerprint density at radius 1 is 1.31 bits per heavy atom. The summed E-state index contributed by atoms with van der Waals surface area (Å²) in [5.74, 6) is 0. The summed E-state index contributed by atoms with van der Waals surface area (Å²) in [6.45, 7) is 2.69. The van der Waals surface area contributed by atoms with Crippen LogP contribution in [0.15, 0.2) is 5.10 Å². The molecule has 0 unspecified atom stereocenters. The van der Waals surface area contributed by atoms with E-state index in [2.05, 4.69) is 5.10 Å². The summed E-state index contributed by atoms with van der Waals surface area (Å²) < 4.78 is 41.0. The lowest BCUT2D eigenvalue weighted by Gasteiger charge is -2.24. The van der Waals surface area contributed by atoms with Crippen molar-refractivity contribution >= 4 is 5.71 Å². The average Bonchev–Trinajstić information content (AvgIpc) is 2.04. The minimum atomic E-state index is -4.32. The van der Waals surface area contributed by atoms with E-state index in [9.17, 15) is 13.2 Å². The maximum atomic E-state index is 12.0. The van der Waals surface area contributed by atoms with Crippen molar-refractivity contribution in [3.05, 3.63) is 0 Å². The van der Waals surface area contributed by atoms with E-state index in [1.54, 1.807) is 0 Å². The van der Waals surface area contributed by atoms with Gasteiger partial charge in [-0.05, 0) is 6.92 Å². The van der Waals surface area contributed by atoms with E-state index in [0.29, 0.717) is 26.3 Å². The summed E-state index contributed by atoms with van der Waals surface area (Å²) in [4.78, 5) is 0. The highest BCUT2D eigenvalue weighted by Crippen LogP contribution is 2.17. The summed E-state index contributed by atoms with van der Waals surface area (Å²) in [5.41, 5.74) is -0.811. The van der Waals surface area contributed by atoms with E-state index in [1.165, 1.54) is 5.01 Å². The third kappa shape index (κ3) is 3.22. The maximum Gasteiger partial charge on any atom is 0.430 e. The van der Waals surface area contributed by atoms with E-state index in [1.807, 2.05) is 0 Å². The lowest BCUT2D eigenvalue weighted by Crippen LogP contribution is -2.34. The van der Waals surface area contributed by atoms with Crippen molar-refractivity contribution in [3.8, 4) is 0 Å². The van der Waals surface area contributed by atoms with Gasteiger partial charge >= 0.3 is 6.18 Å². The lowest BCUT2D eigenvalue weighted by molar-refractivity contribution is -0.0617. The monoisotopic (exact) mass is 196 g/mol. The molecule has 0 spiro atoms. The molecule has 1 rings (SSSR count). The van der Waals surface area contributed by atoms with Gasteiger partial charge in [-0.15, -0.1) is 0 Å². The number of hydrazone groups is 1. The molecule has 0 N–H and O–H groups in total. The molecule has 0 atom stereocenters. The fourth-order valence-corrected chi connectivity index (χ4v) is 0.923. The number of halogens is 3. The average molecular weight is 196 g/mol. The van der Waals surface area contributed by atoms with Crippen LogP contribution in [0.5, 0.6) is 0 Å². The molecule has 0 aromatic carbocycles. The SMILES string of the molecule is C/C(=N\N1CCOCC1)C(F)(F)F. The third-order valence-corrected chi connectivity index (χ3v) is 1.69. The van der Waals surface area contributed by atoms with Crippen molar-refractivity contribution in [2.45, 2.75) is 13.1 Å². The van der Waals surface area contributed by atoms with Gasteiger partial charge in [0.25, 0.3) is 0 Å². The van der Waals surface area contributed by atoms with Crippen LogP contribution in [0.1, 0.15) is 6.92 Å². The molecular weight excluding hydrogens is 185 g/mol. The maximum absolute atomic E-state index is 12.0. The Morgan fingerprint density at radius 2 is 1.85 bits per heavy atom. The largest absolute Gasteiger partial charge is 0.430 e. The van der Waals surface area contributed by atoms with E-state index < -0.39 is 11.9 Å². The van der Waals surface area contributed by atoms with Gasteiger partial charge < -0.3 is 4.74 Å². The predicted molar refractivity (Wildman–Crippen MR) is 41.6 cm³/mol. The molecule has 0 aromatic heterocycles. The molecule has 0 bridgehead atoms. The Bertz CT molecular complexity index is 196. The van der Waals surface area contributed by atoms with Gasteiger partial charge in [-0.25, -0.2) is 0 Å². The van der Waals surface area contributed by atoms with Crippen LogP contribution in [0.25, 0.3) is 0 Å². The van der Waals surface area contributed by atoms with Crippen LogP contribution in [0.2, 0.25) is 0 Å². The molecule has 0 aliphatic carbocycles. The Balaban J connectivity index is 2.53. The molecule has 0 aromatic rings. The summed E-state index contributed by atoms with van der Waals surface area (Å²) >= 11 is 0. The fourth-order valence-electron chi connectivity index (χ4n) is 0.923. The number of ether oxygens (including phenoxy) is 1. The molecule has 0 radical (unpaired) electrons. The molecule has 13 heavy (non-hydrogen) atoms. The van der Waals surface area contributed by atoms with E-state index in [4.69, 9.17) is 4.74 Å². The second-order valence-electron chi connectivity index (χ2n) is 2.75. The van der Waals surface area contributed by atoms with Crippen molar-refractivity contribution in [3.63, 3.8) is 0 Å². The van der Waals surface area contributed by atoms with Crippen LogP contribution < -0.4 is 0 Å². The molecule has 3 nitrogen and oxygen atoms in total. The van der Waals surface area contributed by atoms with Gasteiger partial charge in [0, 0.05) is 0 Å². The van der Waals surface area contributed by atoms with Crippen molar-refractivity contribution in [2.24, 2.45) is 5.10 Å². The summed E-state index contributed by atoms with van der Waals surface area (Å²) in [6.07, 6.45) is -4.32. The van der Waals surface area contributed by atoms with Crippen LogP contribution in [0.4, 0.5) is 13.2 Å². The number of morpholine rings is 1. The first-order valence-corrected chi connectivity index (χ1v) is 3.95. The highest BCUT2D eigenvalue weighted by Gasteiger charge is 2.32. The van der Waals surface area contributed by atoms with E-state index >= 15 is 0 Å². The van der Waals surface area contributed by atoms with Crippen LogP contribution in [-0.4, -0.2) is 43.2 Å². The second-order valence-corrected chi connectivity index (χ2v) is 2.75. The first-order valence-electron chi connectivity index (χ1n) is 3.95. The molecule has 1 aliphatic rings. The standard InChI is InChI=1S/C7H11F3N2O/c1-6(7(8,9)10)11-12-2-4-13-5-3-12/h2-5H2,1H3/b11-6+. The van der Waals surface area contributed by atoms with Crippen LogP contribution in [0.3, 0.4) is 0 Å². The van der Waals surface area contributed by atoms with Gasteiger partial charge in [0.1, 0.15) is 5.71 Å². The number of rotatable bonds is 1. The van der Waals surface area contributed by atoms with Crippen molar-refractivity contribution in [1.82, 2.24) is 5.01 Å². The van der Waals surface area contributed by atoms with Crippen LogP contribution in [-0.2, 0) is 4.74 Å². The molecular formula is C7H11F3N2O. The zero-order valence-corrected chi connectivity index (χ0v) is 7.26. The smallest absolute Gasteiger partial charge is 0.378 e. The molecule has 1 aliphatic heterocycles. The second kappa shape index (κ2) is 3.95. The Labute approximate surface area is 74.2 Å². The summed E-state index contributed by atoms with van der Waals surface area (Å²) in [6, 6.07) is 0. The zero-order valence-electron chi connectivity index (χ0n) is 7.26. The van der Waals surface area contributed by atoms with Gasteiger partial charge in [-0.3, -0.25) is 5.01 Å². The predicted octanol–water partition coefficient (Wildman–Crippen LogP) is 1.26. The van der Waals surface area contributed by atoms with Crippen molar-refractivity contribution in [1.29, 1.82) is 0 Å². The third-order valence-electron chi connectivity index (χ3n) is 1.69. The first kappa shape index (κ1) is 10.3. The normalized spacial score (nSPS) is 20.6. The van der Waals surface area contributed by atoms with Crippen molar-refractivity contribution in [2.75, 3.05) is 26.3 Å². The van der Waals surface area contributed by atoms with E-state index in [0.717, 1.165) is 6.92 Å². The molecule has 0 amide bonds. The topological polar surface area (TPSA) is 24.8 Å². The summed E-state index contributed by atoms with van der Waals surface area (Å²) in [7, 11) is 0. The van der Waals surface area contributed by atoms with Crippen LogP contribution in [0, 0.1) is 0 Å². The molecule has 0 saturated carbocycles. The lowest BCUT2D eigenvalue weighted by atomic mass is 10.4. The number of nitrogens with zero attached hydrogens (tertiary/aromatic N) is 2. The van der Waals surface area contributed by atoms with Gasteiger partial charge in [0.15, 0.2) is 0 Å². The number of hydrogen-bond acceptors (Lipinski definition) is 3. The van der Waals surface area contributed by atoms with Gasteiger partial charge in [0.2, 0.25) is 0 Å². The highest BCUT2D eigenvalue weighted by atomic mass is 19.4. The Hall–Kier alpha value is -0.780. The van der Waals surface area contributed by atoms with Crippen LogP contribution >= 0.6 is 0 Å². The number of hydrogen-bond donors (Lipinski definition) is 0. The molecule has 6 heteroatoms. The number of alkyl halides is 3. The van der Waals surface area contributed by atoms with Gasteiger partial charge in [-0.1, -0.05) is 0 Å². The molecule has 76 valence electrons. The van der Waals surface area contributed by atoms with Gasteiger partial charge in [0.05, 0.1) is 26.3 Å². The first-order chi connectivity index (χ1) is 6.00. The molecule has 1 heterocycles. The minimum absolute atomic E-state index is 0.424. The fraction of sp³-hybridized carbons (Fsp3) is 0.857. The molecule has 1 saturated heterocycles. The quantitative estimate of drug-likeness (QED) is 0.590. The van der Waals surface area contributed by atoms with Crippen molar-refractivity contribution < 1.29 is 17.9 Å². The minimum Gasteiger partial charge on any atom is -0.378 e. The zero-order chi connectivity index (χ0) is 9.90. The Kier molecular flexibility index (Phi) is 3.13. The Morgan fingerprint density at radius 3 is 2.31 bits per heavy atom. The highest BCUT2D eigenvalue weighted by molar-refractivity contribution is 5.87.